The highest BCUT2D eigenvalue weighted by Gasteiger charge is 2.32. The van der Waals surface area contributed by atoms with Crippen molar-refractivity contribution in [2.24, 2.45) is 0 Å². The number of aromatic amines is 1. The smallest absolute Gasteiger partial charge is 0.251 e. The van der Waals surface area contributed by atoms with E-state index >= 15 is 0 Å². The number of aromatic nitrogens is 3. The maximum Gasteiger partial charge on any atom is 0.251 e. The molecule has 0 radical (unpaired) electrons. The molecule has 1 amide bonds. The van der Waals surface area contributed by atoms with Crippen LogP contribution in [-0.2, 0) is 23.0 Å². The fraction of sp³-hybridized carbons (Fsp3) is 0.286. The summed E-state index contributed by atoms with van der Waals surface area (Å²) in [5, 5.41) is 9.84. The summed E-state index contributed by atoms with van der Waals surface area (Å²) in [7, 11) is -1.76. The summed E-state index contributed by atoms with van der Waals surface area (Å²) < 4.78 is 30.6. The molecular weight excluding hydrogens is 418 g/mol. The lowest BCUT2D eigenvalue weighted by molar-refractivity contribution is 0.0950. The molecule has 1 unspecified atom stereocenters. The SMILES string of the molecule is COc1ccc(-c2n[nH]c(CNC(=O)c3ccc4c(c3)CC(C)N4S(C)(=O)=O)n2)cc1. The van der Waals surface area contributed by atoms with Gasteiger partial charge in [0.05, 0.1) is 25.6 Å². The molecule has 2 N–H and O–H groups in total. The van der Waals surface area contributed by atoms with Gasteiger partial charge in [0, 0.05) is 17.2 Å². The number of amides is 1. The number of hydrogen-bond acceptors (Lipinski definition) is 6. The zero-order chi connectivity index (χ0) is 22.2. The molecule has 1 aliphatic heterocycles. The summed E-state index contributed by atoms with van der Waals surface area (Å²) in [4.78, 5) is 17.0. The lowest BCUT2D eigenvalue weighted by Gasteiger charge is -2.21. The molecular formula is C21H23N5O4S. The summed E-state index contributed by atoms with van der Waals surface area (Å²) in [6.45, 7) is 2.04. The number of benzene rings is 2. The first kappa shape index (κ1) is 20.9. The van der Waals surface area contributed by atoms with E-state index in [1.165, 1.54) is 10.6 Å². The third kappa shape index (κ3) is 4.24. The molecule has 0 bridgehead atoms. The monoisotopic (exact) mass is 441 g/mol. The number of rotatable bonds is 6. The lowest BCUT2D eigenvalue weighted by atomic mass is 10.1. The summed E-state index contributed by atoms with van der Waals surface area (Å²) in [6.07, 6.45) is 1.76. The highest BCUT2D eigenvalue weighted by molar-refractivity contribution is 7.92. The van der Waals surface area contributed by atoms with E-state index in [1.54, 1.807) is 25.3 Å². The first-order valence-corrected chi connectivity index (χ1v) is 11.6. The first-order chi connectivity index (χ1) is 14.8. The lowest BCUT2D eigenvalue weighted by Crippen LogP contribution is -2.34. The van der Waals surface area contributed by atoms with Crippen LogP contribution in [0.4, 0.5) is 5.69 Å². The summed E-state index contributed by atoms with van der Waals surface area (Å²) in [5.74, 6) is 1.53. The molecule has 9 nitrogen and oxygen atoms in total. The number of carbonyl (C=O) groups excluding carboxylic acids is 1. The van der Waals surface area contributed by atoms with Crippen molar-refractivity contribution in [3.8, 4) is 17.1 Å². The second-order valence-electron chi connectivity index (χ2n) is 7.47. The van der Waals surface area contributed by atoms with E-state index in [-0.39, 0.29) is 18.5 Å². The Morgan fingerprint density at radius 3 is 2.68 bits per heavy atom. The summed E-state index contributed by atoms with van der Waals surface area (Å²) >= 11 is 0. The van der Waals surface area contributed by atoms with Crippen LogP contribution in [0.25, 0.3) is 11.4 Å². The number of carbonyl (C=O) groups is 1. The zero-order valence-corrected chi connectivity index (χ0v) is 18.2. The van der Waals surface area contributed by atoms with Crippen LogP contribution in [0.1, 0.15) is 28.7 Å². The number of H-pyrrole nitrogens is 1. The number of nitrogens with zero attached hydrogens (tertiary/aromatic N) is 3. The molecule has 0 spiro atoms. The van der Waals surface area contributed by atoms with Crippen LogP contribution in [0.3, 0.4) is 0 Å². The highest BCUT2D eigenvalue weighted by atomic mass is 32.2. The van der Waals surface area contributed by atoms with Gasteiger partial charge in [-0.05, 0) is 61.4 Å². The minimum atomic E-state index is -3.36. The van der Waals surface area contributed by atoms with Gasteiger partial charge in [0.15, 0.2) is 5.82 Å². The number of methoxy groups -OCH3 is 1. The van der Waals surface area contributed by atoms with Crippen molar-refractivity contribution in [3.63, 3.8) is 0 Å². The molecule has 0 fully saturated rings. The Morgan fingerprint density at radius 2 is 2.00 bits per heavy atom. The molecule has 0 saturated carbocycles. The molecule has 4 rings (SSSR count). The van der Waals surface area contributed by atoms with Gasteiger partial charge in [0.25, 0.3) is 5.91 Å². The van der Waals surface area contributed by atoms with E-state index in [0.717, 1.165) is 16.9 Å². The van der Waals surface area contributed by atoms with Gasteiger partial charge in [0.2, 0.25) is 10.0 Å². The van der Waals surface area contributed by atoms with Crippen molar-refractivity contribution >= 4 is 21.6 Å². The Balaban J connectivity index is 1.43. The first-order valence-electron chi connectivity index (χ1n) is 9.72. The number of nitrogens with one attached hydrogen (secondary N) is 2. The number of hydrogen-bond donors (Lipinski definition) is 2. The summed E-state index contributed by atoms with van der Waals surface area (Å²) in [5.41, 5.74) is 2.77. The molecule has 1 aliphatic rings. The molecule has 0 saturated heterocycles. The number of ether oxygens (including phenoxy) is 1. The Bertz CT molecular complexity index is 1220. The van der Waals surface area contributed by atoms with Crippen molar-refractivity contribution in [3.05, 3.63) is 59.4 Å². The van der Waals surface area contributed by atoms with Crippen LogP contribution < -0.4 is 14.4 Å². The molecule has 2 aromatic carbocycles. The Labute approximate surface area is 180 Å². The molecule has 10 heteroatoms. The van der Waals surface area contributed by atoms with Crippen LogP contribution in [0.15, 0.2) is 42.5 Å². The molecule has 31 heavy (non-hydrogen) atoms. The van der Waals surface area contributed by atoms with Crippen LogP contribution >= 0.6 is 0 Å². The number of sulfonamides is 1. The fourth-order valence-electron chi connectivity index (χ4n) is 3.76. The number of anilines is 1. The standard InChI is InChI=1S/C21H23N5O4S/c1-13-10-16-11-15(6-9-18(16)26(13)31(3,28)29)21(27)22-12-19-23-20(25-24-19)14-4-7-17(30-2)8-5-14/h4-9,11,13H,10,12H2,1-3H3,(H,22,27)(H,23,24,25). The van der Waals surface area contributed by atoms with E-state index in [4.69, 9.17) is 4.74 Å². The van der Waals surface area contributed by atoms with Gasteiger partial charge in [-0.1, -0.05) is 0 Å². The van der Waals surface area contributed by atoms with Gasteiger partial charge < -0.3 is 10.1 Å². The van der Waals surface area contributed by atoms with E-state index in [9.17, 15) is 13.2 Å². The topological polar surface area (TPSA) is 117 Å². The maximum absolute atomic E-state index is 12.6. The normalized spacial score (nSPS) is 15.6. The largest absolute Gasteiger partial charge is 0.497 e. The third-order valence-corrected chi connectivity index (χ3v) is 6.42. The second-order valence-corrected chi connectivity index (χ2v) is 9.33. The molecule has 162 valence electrons. The van der Waals surface area contributed by atoms with Crippen LogP contribution in [0.5, 0.6) is 5.75 Å². The summed E-state index contributed by atoms with van der Waals surface area (Å²) in [6, 6.07) is 12.3. The number of fused-ring (bicyclic) bond motifs is 1. The third-order valence-electron chi connectivity index (χ3n) is 5.15. The van der Waals surface area contributed by atoms with Gasteiger partial charge in [-0.25, -0.2) is 13.4 Å². The van der Waals surface area contributed by atoms with Gasteiger partial charge in [-0.15, -0.1) is 0 Å². The van der Waals surface area contributed by atoms with Crippen LogP contribution in [-0.4, -0.2) is 48.9 Å². The van der Waals surface area contributed by atoms with Crippen molar-refractivity contribution in [1.29, 1.82) is 0 Å². The van der Waals surface area contributed by atoms with Crippen molar-refractivity contribution in [2.75, 3.05) is 17.7 Å². The molecule has 3 aromatic rings. The fourth-order valence-corrected chi connectivity index (χ4v) is 5.02. The van der Waals surface area contributed by atoms with Gasteiger partial charge in [-0.3, -0.25) is 14.2 Å². The van der Waals surface area contributed by atoms with E-state index in [0.29, 0.717) is 29.3 Å². The van der Waals surface area contributed by atoms with Gasteiger partial charge in [0.1, 0.15) is 11.6 Å². The van der Waals surface area contributed by atoms with E-state index in [1.807, 2.05) is 31.2 Å². The van der Waals surface area contributed by atoms with Crippen molar-refractivity contribution in [1.82, 2.24) is 20.5 Å². The van der Waals surface area contributed by atoms with Gasteiger partial charge >= 0.3 is 0 Å². The molecule has 2 heterocycles. The average molecular weight is 442 g/mol. The molecule has 1 aromatic heterocycles. The molecule has 1 atom stereocenters. The Hall–Kier alpha value is -3.40. The maximum atomic E-state index is 12.6. The van der Waals surface area contributed by atoms with E-state index < -0.39 is 10.0 Å². The van der Waals surface area contributed by atoms with Crippen LogP contribution in [0.2, 0.25) is 0 Å². The van der Waals surface area contributed by atoms with Crippen molar-refractivity contribution in [2.45, 2.75) is 25.9 Å². The predicted molar refractivity (Wildman–Crippen MR) is 116 cm³/mol. The van der Waals surface area contributed by atoms with Gasteiger partial charge in [-0.2, -0.15) is 5.10 Å². The second kappa shape index (κ2) is 8.03. The highest BCUT2D eigenvalue weighted by Crippen LogP contribution is 2.34. The Morgan fingerprint density at radius 1 is 1.26 bits per heavy atom. The molecule has 0 aliphatic carbocycles. The van der Waals surface area contributed by atoms with E-state index in [2.05, 4.69) is 20.5 Å². The predicted octanol–water partition coefficient (Wildman–Crippen LogP) is 2.12. The van der Waals surface area contributed by atoms with Crippen molar-refractivity contribution < 1.29 is 17.9 Å². The average Bonchev–Trinajstić information content (AvgIpc) is 3.34. The minimum Gasteiger partial charge on any atom is -0.497 e. The minimum absolute atomic E-state index is 0.172. The zero-order valence-electron chi connectivity index (χ0n) is 17.4. The van der Waals surface area contributed by atoms with Crippen LogP contribution in [0, 0.1) is 0 Å². The quantitative estimate of drug-likeness (QED) is 0.605. The Kier molecular flexibility index (Phi) is 5.40.